The average molecular weight is 374 g/mol. The monoisotopic (exact) mass is 374 g/mol. The molecule has 0 unspecified atom stereocenters. The van der Waals surface area contributed by atoms with Crippen LogP contribution in [0.5, 0.6) is 0 Å². The van der Waals surface area contributed by atoms with Gasteiger partial charge in [-0.25, -0.2) is 13.6 Å². The third kappa shape index (κ3) is 3.55. The lowest BCUT2D eigenvalue weighted by atomic mass is 10.0. The molecular formula is C18H18N2O3S2. The van der Waals surface area contributed by atoms with Crippen molar-refractivity contribution in [1.29, 1.82) is 0 Å². The molecule has 1 saturated carbocycles. The number of hydrogen-bond donors (Lipinski definition) is 2. The Kier molecular flexibility index (Phi) is 4.24. The van der Waals surface area contributed by atoms with Crippen molar-refractivity contribution >= 4 is 21.4 Å². The van der Waals surface area contributed by atoms with Crippen LogP contribution in [0.3, 0.4) is 0 Å². The highest BCUT2D eigenvalue weighted by atomic mass is 32.2. The number of furan rings is 1. The maximum absolute atomic E-state index is 11.9. The van der Waals surface area contributed by atoms with Gasteiger partial charge in [-0.3, -0.25) is 0 Å². The number of sulfonamides is 1. The summed E-state index contributed by atoms with van der Waals surface area (Å²) in [7, 11) is -3.78. The number of benzene rings is 1. The molecule has 1 aliphatic rings. The molecule has 0 amide bonds. The lowest BCUT2D eigenvalue weighted by Gasteiger charge is -2.11. The second-order valence-electron chi connectivity index (χ2n) is 6.17. The van der Waals surface area contributed by atoms with Crippen LogP contribution >= 0.6 is 11.3 Å². The first-order valence-electron chi connectivity index (χ1n) is 8.03. The molecule has 3 aromatic rings. The van der Waals surface area contributed by atoms with E-state index in [1.54, 1.807) is 17.7 Å². The third-order valence-electron chi connectivity index (χ3n) is 4.22. The molecule has 1 aromatic carbocycles. The lowest BCUT2D eigenvalue weighted by Crippen LogP contribution is -2.15. The lowest BCUT2D eigenvalue weighted by molar-refractivity contribution is 0.582. The number of nitrogens with one attached hydrogen (secondary N) is 1. The van der Waals surface area contributed by atoms with Crippen LogP contribution in [0.15, 0.2) is 57.4 Å². The van der Waals surface area contributed by atoms with Crippen LogP contribution in [0.4, 0.5) is 0 Å². The maximum atomic E-state index is 11.9. The minimum absolute atomic E-state index is 0.147. The van der Waals surface area contributed by atoms with Gasteiger partial charge in [-0.15, -0.1) is 11.3 Å². The van der Waals surface area contributed by atoms with E-state index in [9.17, 15) is 8.42 Å². The predicted octanol–water partition coefficient (Wildman–Crippen LogP) is 3.57. The Labute approximate surface area is 150 Å². The number of primary sulfonamides is 1. The summed E-state index contributed by atoms with van der Waals surface area (Å²) in [5.41, 5.74) is 2.81. The largest absolute Gasteiger partial charge is 0.464 e. The molecule has 2 aromatic heterocycles. The highest BCUT2D eigenvalue weighted by Crippen LogP contribution is 2.39. The molecule has 0 atom stereocenters. The van der Waals surface area contributed by atoms with E-state index in [4.69, 9.17) is 9.56 Å². The van der Waals surface area contributed by atoms with Crippen molar-refractivity contribution < 1.29 is 12.8 Å². The highest BCUT2D eigenvalue weighted by Gasteiger charge is 2.22. The number of rotatable bonds is 6. The van der Waals surface area contributed by atoms with Crippen molar-refractivity contribution in [2.24, 2.45) is 5.14 Å². The number of nitrogens with two attached hydrogens (primary N) is 1. The van der Waals surface area contributed by atoms with E-state index in [2.05, 4.69) is 11.4 Å². The van der Waals surface area contributed by atoms with Crippen LogP contribution in [0, 0.1) is 0 Å². The van der Waals surface area contributed by atoms with Gasteiger partial charge in [0, 0.05) is 23.7 Å². The smallest absolute Gasteiger partial charge is 0.239 e. The van der Waals surface area contributed by atoms with Gasteiger partial charge >= 0.3 is 0 Å². The van der Waals surface area contributed by atoms with Gasteiger partial charge in [-0.2, -0.15) is 0 Å². The third-order valence-corrected chi connectivity index (χ3v) is 6.25. The second-order valence-corrected chi connectivity index (χ2v) is 8.62. The first kappa shape index (κ1) is 16.5. The van der Waals surface area contributed by atoms with Crippen molar-refractivity contribution in [2.75, 3.05) is 0 Å². The Morgan fingerprint density at radius 1 is 1.20 bits per heavy atom. The van der Waals surface area contributed by atoms with Crippen molar-refractivity contribution in [3.8, 4) is 21.8 Å². The summed E-state index contributed by atoms with van der Waals surface area (Å²) in [6.45, 7) is 0.783. The normalized spacial score (nSPS) is 14.8. The first-order chi connectivity index (χ1) is 12.0. The van der Waals surface area contributed by atoms with E-state index in [1.807, 2.05) is 24.3 Å². The summed E-state index contributed by atoms with van der Waals surface area (Å²) in [6.07, 6.45) is 4.08. The van der Waals surface area contributed by atoms with Gasteiger partial charge < -0.3 is 9.73 Å². The molecule has 0 bridgehead atoms. The second kappa shape index (κ2) is 6.42. The van der Waals surface area contributed by atoms with E-state index >= 15 is 0 Å². The van der Waals surface area contributed by atoms with Gasteiger partial charge in [0.05, 0.1) is 11.1 Å². The topological polar surface area (TPSA) is 85.3 Å². The Morgan fingerprint density at radius 2 is 2.04 bits per heavy atom. The van der Waals surface area contributed by atoms with Crippen molar-refractivity contribution in [2.45, 2.75) is 30.3 Å². The quantitative estimate of drug-likeness (QED) is 0.691. The number of thiophene rings is 1. The van der Waals surface area contributed by atoms with Crippen molar-refractivity contribution in [1.82, 2.24) is 5.32 Å². The molecule has 130 valence electrons. The van der Waals surface area contributed by atoms with Gasteiger partial charge in [0.15, 0.2) is 0 Å². The molecule has 3 N–H and O–H groups in total. The maximum Gasteiger partial charge on any atom is 0.239 e. The Balaban J connectivity index is 1.80. The van der Waals surface area contributed by atoms with Crippen LogP contribution in [0.25, 0.3) is 21.8 Å². The molecule has 5 nitrogen and oxygen atoms in total. The molecular weight excluding hydrogens is 356 g/mol. The molecule has 0 saturated heterocycles. The minimum Gasteiger partial charge on any atom is -0.464 e. The summed E-state index contributed by atoms with van der Waals surface area (Å²) in [5, 5.41) is 10.6. The molecule has 25 heavy (non-hydrogen) atoms. The molecule has 4 rings (SSSR count). The molecule has 0 radical (unpaired) electrons. The summed E-state index contributed by atoms with van der Waals surface area (Å²) in [5.74, 6) is 0.706. The fourth-order valence-electron chi connectivity index (χ4n) is 2.80. The van der Waals surface area contributed by atoms with E-state index in [0.717, 1.165) is 23.2 Å². The Morgan fingerprint density at radius 3 is 2.72 bits per heavy atom. The van der Waals surface area contributed by atoms with E-state index in [-0.39, 0.29) is 4.90 Å². The van der Waals surface area contributed by atoms with Crippen LogP contribution in [-0.4, -0.2) is 14.5 Å². The summed E-state index contributed by atoms with van der Waals surface area (Å²) < 4.78 is 29.4. The molecule has 0 spiro atoms. The fraction of sp³-hybridized carbons (Fsp3) is 0.222. The SMILES string of the molecule is NS(=O)(=O)c1ccsc1-c1ccc(CNC2CC2)cc1-c1ccco1. The van der Waals surface area contributed by atoms with E-state index < -0.39 is 10.0 Å². The Bertz CT molecular complexity index is 987. The van der Waals surface area contributed by atoms with E-state index in [1.165, 1.54) is 24.2 Å². The molecule has 1 aliphatic carbocycles. The minimum atomic E-state index is -3.78. The molecule has 1 fully saturated rings. The van der Waals surface area contributed by atoms with Crippen LogP contribution < -0.4 is 10.5 Å². The average Bonchev–Trinajstić information content (AvgIpc) is 3.04. The highest BCUT2D eigenvalue weighted by molar-refractivity contribution is 7.89. The van der Waals surface area contributed by atoms with Crippen molar-refractivity contribution in [3.05, 3.63) is 53.6 Å². The fourth-order valence-corrected chi connectivity index (χ4v) is 4.84. The van der Waals surface area contributed by atoms with Gasteiger partial charge in [0.25, 0.3) is 0 Å². The summed E-state index contributed by atoms with van der Waals surface area (Å²) in [4.78, 5) is 0.782. The standard InChI is InChI=1S/C18H18N2O3S2/c19-25(21,22)17-7-9-24-18(17)14-6-3-12(11-20-13-4-5-13)10-15(14)16-2-1-8-23-16/h1-3,6-10,13,20H,4-5,11H2,(H2,19,21,22). The molecule has 7 heteroatoms. The molecule has 2 heterocycles. The van der Waals surface area contributed by atoms with Crippen LogP contribution in [-0.2, 0) is 16.6 Å². The first-order valence-corrected chi connectivity index (χ1v) is 10.5. The van der Waals surface area contributed by atoms with Crippen molar-refractivity contribution in [3.63, 3.8) is 0 Å². The van der Waals surface area contributed by atoms with Crippen LogP contribution in [0.2, 0.25) is 0 Å². The summed E-state index contributed by atoms with van der Waals surface area (Å²) >= 11 is 1.36. The zero-order chi connectivity index (χ0) is 17.4. The Hall–Kier alpha value is -1.93. The summed E-state index contributed by atoms with van der Waals surface area (Å²) in [6, 6.07) is 11.9. The number of hydrogen-bond acceptors (Lipinski definition) is 5. The predicted molar refractivity (Wildman–Crippen MR) is 98.7 cm³/mol. The van der Waals surface area contributed by atoms with Gasteiger partial charge in [0.1, 0.15) is 10.7 Å². The van der Waals surface area contributed by atoms with E-state index in [0.29, 0.717) is 16.7 Å². The van der Waals surface area contributed by atoms with Gasteiger partial charge in [-0.1, -0.05) is 12.1 Å². The zero-order valence-electron chi connectivity index (χ0n) is 13.4. The van der Waals surface area contributed by atoms with Gasteiger partial charge in [-0.05, 0) is 48.1 Å². The van der Waals surface area contributed by atoms with Crippen LogP contribution in [0.1, 0.15) is 18.4 Å². The van der Waals surface area contributed by atoms with Gasteiger partial charge in [0.2, 0.25) is 10.0 Å². The zero-order valence-corrected chi connectivity index (χ0v) is 15.1. The molecule has 0 aliphatic heterocycles.